The van der Waals surface area contributed by atoms with Gasteiger partial charge in [-0.25, -0.2) is 8.42 Å². The molecule has 0 heterocycles. The zero-order valence-electron chi connectivity index (χ0n) is 8.93. The lowest BCUT2D eigenvalue weighted by atomic mass is 10.4. The molecule has 1 unspecified atom stereocenters. The lowest BCUT2D eigenvalue weighted by molar-refractivity contribution is 0.197. The van der Waals surface area contributed by atoms with Crippen LogP contribution in [0.1, 0.15) is 13.3 Å². The molecular weight excluding hydrogens is 206 g/mol. The van der Waals surface area contributed by atoms with Crippen molar-refractivity contribution >= 4 is 10.0 Å². The van der Waals surface area contributed by atoms with E-state index >= 15 is 0 Å². The van der Waals surface area contributed by atoms with Crippen molar-refractivity contribution in [1.29, 1.82) is 0 Å². The number of aliphatic hydroxyl groups excluding tert-OH is 1. The highest BCUT2D eigenvalue weighted by molar-refractivity contribution is 7.89. The Bertz CT molecular complexity index is 240. The van der Waals surface area contributed by atoms with Crippen molar-refractivity contribution in [1.82, 2.24) is 4.31 Å². The smallest absolute Gasteiger partial charge is 0.214 e. The Hall–Kier alpha value is -0.170. The SMILES string of the molecule is COCCCS(=O)(=O)N(C)C(C)CO. The zero-order chi connectivity index (χ0) is 11.2. The molecule has 1 atom stereocenters. The molecule has 0 aliphatic heterocycles. The van der Waals surface area contributed by atoms with Crippen molar-refractivity contribution in [2.24, 2.45) is 0 Å². The summed E-state index contributed by atoms with van der Waals surface area (Å²) in [7, 11) is -0.241. The van der Waals surface area contributed by atoms with Crippen LogP contribution in [0.25, 0.3) is 0 Å². The fourth-order valence-corrected chi connectivity index (χ4v) is 2.30. The number of likely N-dealkylation sites (N-methyl/N-ethyl adjacent to an activating group) is 1. The minimum absolute atomic E-state index is 0.0572. The zero-order valence-corrected chi connectivity index (χ0v) is 9.75. The summed E-state index contributed by atoms with van der Waals surface area (Å²) in [6.07, 6.45) is 0.474. The van der Waals surface area contributed by atoms with E-state index < -0.39 is 10.0 Å². The lowest BCUT2D eigenvalue weighted by Gasteiger charge is -2.22. The highest BCUT2D eigenvalue weighted by Gasteiger charge is 2.21. The van der Waals surface area contributed by atoms with Gasteiger partial charge in [0.2, 0.25) is 10.0 Å². The first-order valence-electron chi connectivity index (χ1n) is 4.51. The van der Waals surface area contributed by atoms with Gasteiger partial charge in [0.15, 0.2) is 0 Å². The number of methoxy groups -OCH3 is 1. The molecule has 86 valence electrons. The fourth-order valence-electron chi connectivity index (χ4n) is 0.919. The van der Waals surface area contributed by atoms with Gasteiger partial charge in [0.1, 0.15) is 0 Å². The maximum absolute atomic E-state index is 11.6. The molecule has 6 heteroatoms. The predicted octanol–water partition coefficient (Wildman–Crippen LogP) is -0.335. The number of nitrogens with zero attached hydrogens (tertiary/aromatic N) is 1. The molecule has 5 nitrogen and oxygen atoms in total. The van der Waals surface area contributed by atoms with Crippen molar-refractivity contribution < 1.29 is 18.3 Å². The van der Waals surface area contributed by atoms with Gasteiger partial charge < -0.3 is 9.84 Å². The molecule has 0 saturated heterocycles. The third-order valence-electron chi connectivity index (χ3n) is 2.07. The van der Waals surface area contributed by atoms with Gasteiger partial charge in [0, 0.05) is 26.8 Å². The Morgan fingerprint density at radius 3 is 2.50 bits per heavy atom. The Morgan fingerprint density at radius 1 is 1.50 bits per heavy atom. The minimum atomic E-state index is -3.25. The van der Waals surface area contributed by atoms with Gasteiger partial charge in [-0.3, -0.25) is 0 Å². The van der Waals surface area contributed by atoms with Crippen LogP contribution in [0.5, 0.6) is 0 Å². The maximum atomic E-state index is 11.6. The molecule has 14 heavy (non-hydrogen) atoms. The molecule has 0 aromatic heterocycles. The Kier molecular flexibility index (Phi) is 6.26. The van der Waals surface area contributed by atoms with E-state index in [9.17, 15) is 8.42 Å². The van der Waals surface area contributed by atoms with E-state index in [1.54, 1.807) is 6.92 Å². The van der Waals surface area contributed by atoms with Crippen molar-refractivity contribution in [3.05, 3.63) is 0 Å². The first-order chi connectivity index (χ1) is 6.45. The van der Waals surface area contributed by atoms with E-state index in [0.717, 1.165) is 0 Å². The van der Waals surface area contributed by atoms with Crippen LogP contribution >= 0.6 is 0 Å². The van der Waals surface area contributed by atoms with E-state index in [4.69, 9.17) is 9.84 Å². The number of aliphatic hydroxyl groups is 1. The van der Waals surface area contributed by atoms with Crippen LogP contribution in [0.3, 0.4) is 0 Å². The van der Waals surface area contributed by atoms with Gasteiger partial charge >= 0.3 is 0 Å². The van der Waals surface area contributed by atoms with E-state index in [-0.39, 0.29) is 18.4 Å². The molecule has 0 radical (unpaired) electrons. The summed E-state index contributed by atoms with van der Waals surface area (Å²) >= 11 is 0. The van der Waals surface area contributed by atoms with Gasteiger partial charge in [-0.15, -0.1) is 0 Å². The van der Waals surface area contributed by atoms with Crippen LogP contribution in [-0.2, 0) is 14.8 Å². The Labute approximate surface area is 85.7 Å². The average molecular weight is 225 g/mol. The number of hydrogen-bond acceptors (Lipinski definition) is 4. The Morgan fingerprint density at radius 2 is 2.07 bits per heavy atom. The van der Waals surface area contributed by atoms with Crippen LogP contribution in [-0.4, -0.2) is 57.0 Å². The second kappa shape index (κ2) is 6.34. The normalized spacial score (nSPS) is 14.6. The quantitative estimate of drug-likeness (QED) is 0.602. The minimum Gasteiger partial charge on any atom is -0.395 e. The van der Waals surface area contributed by atoms with Crippen LogP contribution in [0, 0.1) is 0 Å². The summed E-state index contributed by atoms with van der Waals surface area (Å²) in [6, 6.07) is -0.373. The summed E-state index contributed by atoms with van der Waals surface area (Å²) in [5.41, 5.74) is 0. The van der Waals surface area contributed by atoms with E-state index in [1.807, 2.05) is 0 Å². The van der Waals surface area contributed by atoms with Crippen molar-refractivity contribution in [2.45, 2.75) is 19.4 Å². The first-order valence-corrected chi connectivity index (χ1v) is 6.12. The summed E-state index contributed by atoms with van der Waals surface area (Å²) < 4.78 is 29.1. The first kappa shape index (κ1) is 13.8. The van der Waals surface area contributed by atoms with E-state index in [1.165, 1.54) is 18.5 Å². The topological polar surface area (TPSA) is 66.8 Å². The van der Waals surface area contributed by atoms with E-state index in [2.05, 4.69) is 0 Å². The molecular formula is C8H19NO4S. The summed E-state index contributed by atoms with van der Waals surface area (Å²) in [4.78, 5) is 0. The van der Waals surface area contributed by atoms with Gasteiger partial charge in [0.05, 0.1) is 12.4 Å². The van der Waals surface area contributed by atoms with Crippen LogP contribution < -0.4 is 0 Å². The highest BCUT2D eigenvalue weighted by Crippen LogP contribution is 2.05. The monoisotopic (exact) mass is 225 g/mol. The van der Waals surface area contributed by atoms with Crippen molar-refractivity contribution in [2.75, 3.05) is 33.1 Å². The molecule has 0 aliphatic carbocycles. The predicted molar refractivity (Wildman–Crippen MR) is 54.6 cm³/mol. The number of rotatable bonds is 7. The highest BCUT2D eigenvalue weighted by atomic mass is 32.2. The molecule has 0 rings (SSSR count). The van der Waals surface area contributed by atoms with Crippen molar-refractivity contribution in [3.63, 3.8) is 0 Å². The lowest BCUT2D eigenvalue weighted by Crippen LogP contribution is -2.38. The number of ether oxygens (including phenoxy) is 1. The average Bonchev–Trinajstić information content (AvgIpc) is 2.15. The van der Waals surface area contributed by atoms with Crippen LogP contribution in [0.15, 0.2) is 0 Å². The summed E-state index contributed by atoms with van der Waals surface area (Å²) in [5, 5.41) is 8.81. The maximum Gasteiger partial charge on any atom is 0.214 e. The van der Waals surface area contributed by atoms with Gasteiger partial charge in [-0.2, -0.15) is 4.31 Å². The largest absolute Gasteiger partial charge is 0.395 e. The summed E-state index contributed by atoms with van der Waals surface area (Å²) in [6.45, 7) is 1.93. The fraction of sp³-hybridized carbons (Fsp3) is 1.00. The third-order valence-corrected chi connectivity index (χ3v) is 4.12. The standard InChI is InChI=1S/C8H19NO4S/c1-8(7-10)9(2)14(11,12)6-4-5-13-3/h8,10H,4-7H2,1-3H3. The van der Waals surface area contributed by atoms with Gasteiger partial charge in [0.25, 0.3) is 0 Å². The third kappa shape index (κ3) is 4.36. The molecule has 0 saturated carbocycles. The molecule has 0 amide bonds. The summed E-state index contributed by atoms with van der Waals surface area (Å²) in [5.74, 6) is 0.0572. The molecule has 0 aromatic carbocycles. The number of sulfonamides is 1. The molecule has 0 aromatic rings. The molecule has 0 bridgehead atoms. The molecule has 0 spiro atoms. The Balaban J connectivity index is 4.17. The second-order valence-corrected chi connectivity index (χ2v) is 5.36. The van der Waals surface area contributed by atoms with Gasteiger partial charge in [-0.1, -0.05) is 0 Å². The van der Waals surface area contributed by atoms with Crippen molar-refractivity contribution in [3.8, 4) is 0 Å². The second-order valence-electron chi connectivity index (χ2n) is 3.21. The molecule has 1 N–H and O–H groups in total. The van der Waals surface area contributed by atoms with Crippen LogP contribution in [0.4, 0.5) is 0 Å². The number of hydrogen-bond donors (Lipinski definition) is 1. The molecule has 0 aliphatic rings. The van der Waals surface area contributed by atoms with Gasteiger partial charge in [-0.05, 0) is 13.3 Å². The van der Waals surface area contributed by atoms with E-state index in [0.29, 0.717) is 13.0 Å². The van der Waals surface area contributed by atoms with Crippen LogP contribution in [0.2, 0.25) is 0 Å². The molecule has 0 fully saturated rings.